The highest BCUT2D eigenvalue weighted by Gasteiger charge is 2.31. The van der Waals surface area contributed by atoms with Crippen LogP contribution in [-0.4, -0.2) is 23.8 Å². The third-order valence-electron chi connectivity index (χ3n) is 2.95. The van der Waals surface area contributed by atoms with Crippen molar-refractivity contribution in [3.8, 4) is 0 Å². The first-order valence-electron chi connectivity index (χ1n) is 5.30. The largest absolute Gasteiger partial charge is 0.394 e. The molecule has 0 aromatic heterocycles. The summed E-state index contributed by atoms with van der Waals surface area (Å²) in [5.74, 6) is 0. The van der Waals surface area contributed by atoms with Gasteiger partial charge in [-0.15, -0.1) is 6.58 Å². The highest BCUT2D eigenvalue weighted by molar-refractivity contribution is 4.92. The summed E-state index contributed by atoms with van der Waals surface area (Å²) in [7, 11) is 0. The summed E-state index contributed by atoms with van der Waals surface area (Å²) in [6.45, 7) is 4.99. The van der Waals surface area contributed by atoms with Crippen LogP contribution in [0.15, 0.2) is 12.7 Å². The van der Waals surface area contributed by atoms with E-state index in [0.717, 1.165) is 32.2 Å². The van der Waals surface area contributed by atoms with E-state index in [1.165, 1.54) is 12.8 Å². The minimum Gasteiger partial charge on any atom is -0.394 e. The van der Waals surface area contributed by atoms with Gasteiger partial charge in [0.25, 0.3) is 0 Å². The predicted molar refractivity (Wildman–Crippen MR) is 55.7 cm³/mol. The zero-order valence-corrected chi connectivity index (χ0v) is 8.39. The van der Waals surface area contributed by atoms with Gasteiger partial charge >= 0.3 is 0 Å². The van der Waals surface area contributed by atoms with E-state index in [9.17, 15) is 5.11 Å². The fourth-order valence-corrected chi connectivity index (χ4v) is 2.04. The number of rotatable bonds is 6. The van der Waals surface area contributed by atoms with Crippen molar-refractivity contribution in [3.05, 3.63) is 12.7 Å². The fourth-order valence-electron chi connectivity index (χ4n) is 2.04. The van der Waals surface area contributed by atoms with E-state index >= 15 is 0 Å². The highest BCUT2D eigenvalue weighted by Crippen LogP contribution is 2.28. The summed E-state index contributed by atoms with van der Waals surface area (Å²) in [5.41, 5.74) is 0.0567. The second kappa shape index (κ2) is 5.40. The van der Waals surface area contributed by atoms with Crippen molar-refractivity contribution in [1.82, 2.24) is 5.32 Å². The molecule has 2 nitrogen and oxygen atoms in total. The van der Waals surface area contributed by atoms with Gasteiger partial charge < -0.3 is 10.4 Å². The normalized spacial score (nSPS) is 20.4. The molecule has 0 radical (unpaired) electrons. The minimum absolute atomic E-state index is 0.0567. The van der Waals surface area contributed by atoms with Gasteiger partial charge in [0.1, 0.15) is 0 Å². The van der Waals surface area contributed by atoms with Crippen LogP contribution in [0.3, 0.4) is 0 Å². The van der Waals surface area contributed by atoms with Crippen LogP contribution in [0.1, 0.15) is 38.5 Å². The molecule has 0 amide bonds. The maximum Gasteiger partial charge on any atom is 0.0613 e. The topological polar surface area (TPSA) is 32.3 Å². The molecule has 0 aromatic rings. The molecule has 0 aromatic carbocycles. The summed E-state index contributed by atoms with van der Waals surface area (Å²) in [6, 6.07) is 0. The summed E-state index contributed by atoms with van der Waals surface area (Å²) in [5, 5.41) is 12.8. The van der Waals surface area contributed by atoms with Gasteiger partial charge in [-0.2, -0.15) is 0 Å². The maximum atomic E-state index is 9.29. The zero-order chi connectivity index (χ0) is 9.57. The number of aliphatic hydroxyl groups excluding tert-OH is 1. The molecule has 76 valence electrons. The Bertz CT molecular complexity index is 150. The Morgan fingerprint density at radius 1 is 1.38 bits per heavy atom. The third-order valence-corrected chi connectivity index (χ3v) is 2.95. The molecule has 0 saturated heterocycles. The van der Waals surface area contributed by atoms with Gasteiger partial charge in [0, 0.05) is 5.54 Å². The van der Waals surface area contributed by atoms with Crippen LogP contribution in [0.25, 0.3) is 0 Å². The molecule has 2 N–H and O–H groups in total. The lowest BCUT2D eigenvalue weighted by Gasteiger charge is -2.28. The van der Waals surface area contributed by atoms with E-state index in [-0.39, 0.29) is 5.54 Å². The SMILES string of the molecule is C=CCCCNC1(CO)CCCC1. The second-order valence-corrected chi connectivity index (χ2v) is 4.00. The summed E-state index contributed by atoms with van der Waals surface area (Å²) in [6.07, 6.45) is 8.93. The monoisotopic (exact) mass is 183 g/mol. The molecule has 1 fully saturated rings. The van der Waals surface area contributed by atoms with Gasteiger partial charge in [0.2, 0.25) is 0 Å². The Morgan fingerprint density at radius 2 is 2.08 bits per heavy atom. The lowest BCUT2D eigenvalue weighted by atomic mass is 9.99. The van der Waals surface area contributed by atoms with Crippen LogP contribution in [0.4, 0.5) is 0 Å². The Kier molecular flexibility index (Phi) is 4.46. The molecule has 0 atom stereocenters. The average molecular weight is 183 g/mol. The van der Waals surface area contributed by atoms with Crippen LogP contribution in [-0.2, 0) is 0 Å². The maximum absolute atomic E-state index is 9.29. The molecular weight excluding hydrogens is 162 g/mol. The van der Waals surface area contributed by atoms with E-state index in [1.807, 2.05) is 6.08 Å². The number of unbranched alkanes of at least 4 members (excludes halogenated alkanes) is 1. The summed E-state index contributed by atoms with van der Waals surface area (Å²) < 4.78 is 0. The Balaban J connectivity index is 2.19. The summed E-state index contributed by atoms with van der Waals surface area (Å²) in [4.78, 5) is 0. The van der Waals surface area contributed by atoms with Crippen LogP contribution in [0.5, 0.6) is 0 Å². The number of allylic oxidation sites excluding steroid dienone is 1. The first-order valence-corrected chi connectivity index (χ1v) is 5.30. The first-order chi connectivity index (χ1) is 6.33. The van der Waals surface area contributed by atoms with Crippen LogP contribution < -0.4 is 5.32 Å². The van der Waals surface area contributed by atoms with Gasteiger partial charge in [0.15, 0.2) is 0 Å². The van der Waals surface area contributed by atoms with Crippen molar-refractivity contribution in [3.63, 3.8) is 0 Å². The lowest BCUT2D eigenvalue weighted by Crippen LogP contribution is -2.46. The Hall–Kier alpha value is -0.340. The lowest BCUT2D eigenvalue weighted by molar-refractivity contribution is 0.164. The molecule has 0 bridgehead atoms. The molecule has 1 aliphatic rings. The van der Waals surface area contributed by atoms with Gasteiger partial charge in [-0.05, 0) is 32.2 Å². The van der Waals surface area contributed by atoms with E-state index in [1.54, 1.807) is 0 Å². The molecule has 1 aliphatic carbocycles. The molecule has 0 spiro atoms. The van der Waals surface area contributed by atoms with Crippen LogP contribution in [0.2, 0.25) is 0 Å². The second-order valence-electron chi connectivity index (χ2n) is 4.00. The van der Waals surface area contributed by atoms with Gasteiger partial charge in [-0.25, -0.2) is 0 Å². The van der Waals surface area contributed by atoms with Gasteiger partial charge in [-0.1, -0.05) is 18.9 Å². The quantitative estimate of drug-likeness (QED) is 0.486. The van der Waals surface area contributed by atoms with Crippen LogP contribution >= 0.6 is 0 Å². The Morgan fingerprint density at radius 3 is 2.62 bits per heavy atom. The first kappa shape index (κ1) is 10.7. The fraction of sp³-hybridized carbons (Fsp3) is 0.818. The highest BCUT2D eigenvalue weighted by atomic mass is 16.3. The number of nitrogens with one attached hydrogen (secondary N) is 1. The van der Waals surface area contributed by atoms with E-state index in [4.69, 9.17) is 0 Å². The van der Waals surface area contributed by atoms with E-state index < -0.39 is 0 Å². The summed E-state index contributed by atoms with van der Waals surface area (Å²) >= 11 is 0. The number of aliphatic hydroxyl groups is 1. The van der Waals surface area contributed by atoms with Crippen molar-refractivity contribution < 1.29 is 5.11 Å². The number of hydrogen-bond donors (Lipinski definition) is 2. The zero-order valence-electron chi connectivity index (χ0n) is 8.39. The van der Waals surface area contributed by atoms with Crippen molar-refractivity contribution >= 4 is 0 Å². The molecule has 0 aliphatic heterocycles. The van der Waals surface area contributed by atoms with Gasteiger partial charge in [-0.3, -0.25) is 0 Å². The minimum atomic E-state index is 0.0567. The molecular formula is C11H21NO. The third kappa shape index (κ3) is 3.12. The number of hydrogen-bond acceptors (Lipinski definition) is 2. The molecule has 13 heavy (non-hydrogen) atoms. The predicted octanol–water partition coefficient (Wildman–Crippen LogP) is 1.85. The Labute approximate surface area is 81.0 Å². The van der Waals surface area contributed by atoms with Gasteiger partial charge in [0.05, 0.1) is 6.61 Å². The van der Waals surface area contributed by atoms with Crippen molar-refractivity contribution in [2.45, 2.75) is 44.1 Å². The smallest absolute Gasteiger partial charge is 0.0613 e. The molecule has 0 heterocycles. The van der Waals surface area contributed by atoms with Crippen molar-refractivity contribution in [2.75, 3.05) is 13.2 Å². The molecule has 2 heteroatoms. The molecule has 1 rings (SSSR count). The van der Waals surface area contributed by atoms with E-state index in [2.05, 4.69) is 11.9 Å². The molecule has 1 saturated carbocycles. The van der Waals surface area contributed by atoms with Crippen molar-refractivity contribution in [1.29, 1.82) is 0 Å². The molecule has 0 unspecified atom stereocenters. The van der Waals surface area contributed by atoms with Crippen LogP contribution in [0, 0.1) is 0 Å². The standard InChI is InChI=1S/C11H21NO/c1-2-3-6-9-12-11(10-13)7-4-5-8-11/h2,12-13H,1,3-10H2. The van der Waals surface area contributed by atoms with Crippen molar-refractivity contribution in [2.24, 2.45) is 0 Å². The average Bonchev–Trinajstić information content (AvgIpc) is 2.62. The van der Waals surface area contributed by atoms with E-state index in [0.29, 0.717) is 6.61 Å².